The minimum absolute atomic E-state index is 0.000984. The summed E-state index contributed by atoms with van der Waals surface area (Å²) in [7, 11) is 0. The largest absolute Gasteiger partial charge is 0.454 e. The molecule has 27 heavy (non-hydrogen) atoms. The molecule has 1 saturated heterocycles. The topological polar surface area (TPSA) is 60.0 Å². The number of carbonyl (C=O) groups is 1. The molecule has 0 spiro atoms. The lowest BCUT2D eigenvalue weighted by Crippen LogP contribution is -2.39. The molecule has 1 N–H and O–H groups in total. The monoisotopic (exact) mass is 372 g/mol. The van der Waals surface area contributed by atoms with Gasteiger partial charge in [-0.2, -0.15) is 0 Å². The molecule has 2 aliphatic heterocycles. The van der Waals surface area contributed by atoms with E-state index in [4.69, 9.17) is 14.2 Å². The number of ether oxygens (including phenoxy) is 3. The molecular weight excluding hydrogens is 351 g/mol. The summed E-state index contributed by atoms with van der Waals surface area (Å²) in [6, 6.07) is 11.3. The average molecular weight is 372 g/mol. The van der Waals surface area contributed by atoms with E-state index in [1.165, 1.54) is 12.1 Å². The van der Waals surface area contributed by atoms with Crippen molar-refractivity contribution in [3.8, 4) is 11.5 Å². The van der Waals surface area contributed by atoms with Crippen molar-refractivity contribution in [3.63, 3.8) is 0 Å². The maximum absolute atomic E-state index is 13.5. The Bertz CT molecular complexity index is 823. The maximum atomic E-state index is 13.5. The van der Waals surface area contributed by atoms with Gasteiger partial charge < -0.3 is 24.4 Å². The molecule has 2 aliphatic rings. The summed E-state index contributed by atoms with van der Waals surface area (Å²) in [5.41, 5.74) is 1.34. The van der Waals surface area contributed by atoms with Crippen LogP contribution in [0.4, 0.5) is 14.9 Å². The summed E-state index contributed by atoms with van der Waals surface area (Å²) in [5, 5.41) is 2.88. The Morgan fingerprint density at radius 2 is 2.07 bits per heavy atom. The molecule has 2 aromatic rings. The molecule has 0 saturated carbocycles. The molecule has 0 radical (unpaired) electrons. The number of nitrogens with one attached hydrogen (secondary N) is 1. The molecular formula is C20H21FN2O4. The average Bonchev–Trinajstić information content (AvgIpc) is 3.32. The second-order valence-electron chi connectivity index (χ2n) is 6.64. The van der Waals surface area contributed by atoms with Gasteiger partial charge in [0.05, 0.1) is 6.10 Å². The molecule has 2 amide bonds. The highest BCUT2D eigenvalue weighted by Gasteiger charge is 2.23. The van der Waals surface area contributed by atoms with Gasteiger partial charge in [0, 0.05) is 31.5 Å². The zero-order valence-electron chi connectivity index (χ0n) is 14.8. The zero-order valence-corrected chi connectivity index (χ0v) is 14.8. The quantitative estimate of drug-likeness (QED) is 0.868. The maximum Gasteiger partial charge on any atom is 0.322 e. The van der Waals surface area contributed by atoms with Crippen molar-refractivity contribution < 1.29 is 23.4 Å². The van der Waals surface area contributed by atoms with Gasteiger partial charge in [-0.25, -0.2) is 9.18 Å². The normalized spacial score (nSPS) is 17.7. The van der Waals surface area contributed by atoms with Crippen molar-refractivity contribution in [1.29, 1.82) is 0 Å². The van der Waals surface area contributed by atoms with Crippen LogP contribution in [0.5, 0.6) is 11.5 Å². The van der Waals surface area contributed by atoms with Crippen LogP contribution in [-0.2, 0) is 11.3 Å². The fourth-order valence-electron chi connectivity index (χ4n) is 3.29. The smallest absolute Gasteiger partial charge is 0.322 e. The number of rotatable bonds is 5. The SMILES string of the molecule is O=C(Nc1ccc2c(c1)OCO2)N(Cc1cccc(F)c1)CC1CCCO1. The Labute approximate surface area is 156 Å². The number of carbonyl (C=O) groups excluding carboxylic acids is 1. The van der Waals surface area contributed by atoms with E-state index >= 15 is 0 Å². The molecule has 1 fully saturated rings. The predicted octanol–water partition coefficient (Wildman–Crippen LogP) is 3.77. The van der Waals surface area contributed by atoms with Crippen LogP contribution in [0.2, 0.25) is 0 Å². The summed E-state index contributed by atoms with van der Waals surface area (Å²) in [4.78, 5) is 14.5. The molecule has 2 aromatic carbocycles. The van der Waals surface area contributed by atoms with Crippen molar-refractivity contribution in [1.82, 2.24) is 4.90 Å². The molecule has 1 atom stereocenters. The molecule has 6 nitrogen and oxygen atoms in total. The van der Waals surface area contributed by atoms with Gasteiger partial charge in [-0.05, 0) is 42.7 Å². The minimum Gasteiger partial charge on any atom is -0.454 e. The molecule has 1 unspecified atom stereocenters. The standard InChI is InChI=1S/C20H21FN2O4/c21-15-4-1-3-14(9-15)11-23(12-17-5-2-8-25-17)20(24)22-16-6-7-18-19(10-16)27-13-26-18/h1,3-4,6-7,9-10,17H,2,5,8,11-13H2,(H,22,24). The molecule has 7 heteroatoms. The van der Waals surface area contributed by atoms with Crippen molar-refractivity contribution in [2.45, 2.75) is 25.5 Å². The zero-order chi connectivity index (χ0) is 18.6. The van der Waals surface area contributed by atoms with Gasteiger partial charge in [-0.15, -0.1) is 0 Å². The number of fused-ring (bicyclic) bond motifs is 1. The Morgan fingerprint density at radius 1 is 1.19 bits per heavy atom. The predicted molar refractivity (Wildman–Crippen MR) is 97.4 cm³/mol. The van der Waals surface area contributed by atoms with Gasteiger partial charge in [0.25, 0.3) is 0 Å². The van der Waals surface area contributed by atoms with Gasteiger partial charge in [-0.1, -0.05) is 12.1 Å². The Hall–Kier alpha value is -2.80. The van der Waals surface area contributed by atoms with Crippen LogP contribution >= 0.6 is 0 Å². The Kier molecular flexibility index (Phi) is 5.11. The first-order valence-electron chi connectivity index (χ1n) is 8.99. The number of benzene rings is 2. The Balaban J connectivity index is 1.48. The minimum atomic E-state index is -0.319. The number of anilines is 1. The van der Waals surface area contributed by atoms with Crippen LogP contribution in [0.25, 0.3) is 0 Å². The van der Waals surface area contributed by atoms with E-state index in [0.29, 0.717) is 36.9 Å². The van der Waals surface area contributed by atoms with E-state index < -0.39 is 0 Å². The molecule has 0 aliphatic carbocycles. The number of halogens is 1. The molecule has 142 valence electrons. The summed E-state index contributed by atoms with van der Waals surface area (Å²) in [5.74, 6) is 0.938. The summed E-state index contributed by atoms with van der Waals surface area (Å²) in [6.45, 7) is 1.64. The van der Waals surface area contributed by atoms with E-state index in [-0.39, 0.29) is 24.7 Å². The number of urea groups is 1. The molecule has 4 rings (SSSR count). The Morgan fingerprint density at radius 3 is 2.89 bits per heavy atom. The number of hydrogen-bond acceptors (Lipinski definition) is 4. The molecule has 0 bridgehead atoms. The highest BCUT2D eigenvalue weighted by Crippen LogP contribution is 2.34. The van der Waals surface area contributed by atoms with Crippen LogP contribution < -0.4 is 14.8 Å². The fraction of sp³-hybridized carbons (Fsp3) is 0.350. The van der Waals surface area contributed by atoms with Crippen LogP contribution in [0.3, 0.4) is 0 Å². The van der Waals surface area contributed by atoms with Crippen molar-refractivity contribution in [2.75, 3.05) is 25.3 Å². The lowest BCUT2D eigenvalue weighted by atomic mass is 10.2. The number of hydrogen-bond donors (Lipinski definition) is 1. The first-order chi connectivity index (χ1) is 13.2. The van der Waals surface area contributed by atoms with Gasteiger partial charge in [-0.3, -0.25) is 0 Å². The lowest BCUT2D eigenvalue weighted by molar-refractivity contribution is 0.0819. The van der Waals surface area contributed by atoms with E-state index in [0.717, 1.165) is 18.4 Å². The van der Waals surface area contributed by atoms with Crippen LogP contribution in [0, 0.1) is 5.82 Å². The van der Waals surface area contributed by atoms with E-state index in [9.17, 15) is 9.18 Å². The third-order valence-electron chi connectivity index (χ3n) is 4.62. The van der Waals surface area contributed by atoms with Crippen LogP contribution in [0.15, 0.2) is 42.5 Å². The fourth-order valence-corrected chi connectivity index (χ4v) is 3.29. The lowest BCUT2D eigenvalue weighted by Gasteiger charge is -2.26. The number of amides is 2. The third kappa shape index (κ3) is 4.31. The molecule has 2 heterocycles. The molecule has 0 aromatic heterocycles. The highest BCUT2D eigenvalue weighted by molar-refractivity contribution is 5.89. The van der Waals surface area contributed by atoms with Crippen LogP contribution in [-0.4, -0.2) is 37.0 Å². The van der Waals surface area contributed by atoms with Crippen molar-refractivity contribution in [2.24, 2.45) is 0 Å². The van der Waals surface area contributed by atoms with Gasteiger partial charge in [0.2, 0.25) is 6.79 Å². The first kappa shape index (κ1) is 17.6. The third-order valence-corrected chi connectivity index (χ3v) is 4.62. The summed E-state index contributed by atoms with van der Waals surface area (Å²) in [6.07, 6.45) is 1.90. The summed E-state index contributed by atoms with van der Waals surface area (Å²) < 4.78 is 29.8. The summed E-state index contributed by atoms with van der Waals surface area (Å²) >= 11 is 0. The van der Waals surface area contributed by atoms with Crippen LogP contribution in [0.1, 0.15) is 18.4 Å². The van der Waals surface area contributed by atoms with Gasteiger partial charge >= 0.3 is 6.03 Å². The highest BCUT2D eigenvalue weighted by atomic mass is 19.1. The number of nitrogens with zero attached hydrogens (tertiary/aromatic N) is 1. The van der Waals surface area contributed by atoms with E-state index in [2.05, 4.69) is 5.32 Å². The van der Waals surface area contributed by atoms with Crippen molar-refractivity contribution >= 4 is 11.7 Å². The second-order valence-corrected chi connectivity index (χ2v) is 6.64. The first-order valence-corrected chi connectivity index (χ1v) is 8.99. The van der Waals surface area contributed by atoms with E-state index in [1.807, 2.05) is 0 Å². The van der Waals surface area contributed by atoms with Gasteiger partial charge in [0.15, 0.2) is 11.5 Å². The van der Waals surface area contributed by atoms with Gasteiger partial charge in [0.1, 0.15) is 5.82 Å². The van der Waals surface area contributed by atoms with E-state index in [1.54, 1.807) is 35.2 Å². The second kappa shape index (κ2) is 7.84. The van der Waals surface area contributed by atoms with Crippen molar-refractivity contribution in [3.05, 3.63) is 53.8 Å².